The summed E-state index contributed by atoms with van der Waals surface area (Å²) in [4.78, 5) is 0. The van der Waals surface area contributed by atoms with E-state index in [1.54, 1.807) is 14.2 Å². The van der Waals surface area contributed by atoms with Gasteiger partial charge in [-0.15, -0.1) is 0 Å². The predicted molar refractivity (Wildman–Crippen MR) is 71.1 cm³/mol. The zero-order chi connectivity index (χ0) is 11.3. The molecule has 15 heavy (non-hydrogen) atoms. The van der Waals surface area contributed by atoms with Crippen LogP contribution >= 0.6 is 31.9 Å². The van der Waals surface area contributed by atoms with Crippen LogP contribution in [0.15, 0.2) is 18.2 Å². The van der Waals surface area contributed by atoms with Crippen LogP contribution in [-0.4, -0.2) is 21.3 Å². The van der Waals surface area contributed by atoms with Crippen LogP contribution in [0, 0.1) is 0 Å². The van der Waals surface area contributed by atoms with Gasteiger partial charge in [-0.3, -0.25) is 0 Å². The average Bonchev–Trinajstić information content (AvgIpc) is 2.30. The van der Waals surface area contributed by atoms with Crippen molar-refractivity contribution in [3.8, 4) is 0 Å². The first-order valence-corrected chi connectivity index (χ1v) is 6.81. The van der Waals surface area contributed by atoms with Crippen molar-refractivity contribution in [3.05, 3.63) is 29.3 Å². The van der Waals surface area contributed by atoms with Crippen LogP contribution in [0.3, 0.4) is 0 Å². The molecule has 0 spiro atoms. The van der Waals surface area contributed by atoms with Gasteiger partial charge in [0.2, 0.25) is 0 Å². The summed E-state index contributed by atoms with van der Waals surface area (Å²) in [6.07, 6.45) is 0. The highest BCUT2D eigenvalue weighted by molar-refractivity contribution is 9.08. The molecule has 1 aromatic carbocycles. The van der Waals surface area contributed by atoms with Crippen LogP contribution in [0.1, 0.15) is 11.1 Å². The van der Waals surface area contributed by atoms with Gasteiger partial charge in [0.1, 0.15) is 0 Å². The van der Waals surface area contributed by atoms with E-state index in [-0.39, 0.29) is 7.12 Å². The molecule has 0 radical (unpaired) electrons. The molecule has 0 amide bonds. The van der Waals surface area contributed by atoms with Crippen LogP contribution in [-0.2, 0) is 20.0 Å². The molecule has 0 saturated heterocycles. The van der Waals surface area contributed by atoms with Gasteiger partial charge in [-0.25, -0.2) is 0 Å². The van der Waals surface area contributed by atoms with Gasteiger partial charge in [-0.2, -0.15) is 0 Å². The summed E-state index contributed by atoms with van der Waals surface area (Å²) >= 11 is 6.94. The maximum atomic E-state index is 5.31. The summed E-state index contributed by atoms with van der Waals surface area (Å²) < 4.78 is 10.6. The minimum Gasteiger partial charge on any atom is -0.410 e. The van der Waals surface area contributed by atoms with Crippen molar-refractivity contribution in [1.29, 1.82) is 0 Å². The summed E-state index contributed by atoms with van der Waals surface area (Å²) in [6, 6.07) is 6.18. The Bertz CT molecular complexity index is 294. The first-order chi connectivity index (χ1) is 7.28. The van der Waals surface area contributed by atoms with Crippen molar-refractivity contribution in [2.24, 2.45) is 0 Å². The van der Waals surface area contributed by atoms with Crippen LogP contribution in [0.4, 0.5) is 0 Å². The number of halogens is 2. The van der Waals surface area contributed by atoms with Crippen LogP contribution < -0.4 is 5.46 Å². The molecule has 0 N–H and O–H groups in total. The molecule has 0 aliphatic rings. The second kappa shape index (κ2) is 6.68. The van der Waals surface area contributed by atoms with E-state index in [9.17, 15) is 0 Å². The largest absolute Gasteiger partial charge is 0.494 e. The molecule has 1 rings (SSSR count). The normalized spacial score (nSPS) is 10.4. The molecule has 0 heterocycles. The van der Waals surface area contributed by atoms with Gasteiger partial charge in [-0.05, 0) is 16.6 Å². The second-order valence-electron chi connectivity index (χ2n) is 3.06. The van der Waals surface area contributed by atoms with Gasteiger partial charge in [0.25, 0.3) is 0 Å². The molecule has 0 unspecified atom stereocenters. The van der Waals surface area contributed by atoms with Crippen molar-refractivity contribution >= 4 is 44.4 Å². The molecule has 0 bridgehead atoms. The summed E-state index contributed by atoms with van der Waals surface area (Å²) in [5.74, 6) is 0. The van der Waals surface area contributed by atoms with Crippen LogP contribution in [0.5, 0.6) is 0 Å². The Labute approximate surface area is 108 Å². The monoisotopic (exact) mass is 334 g/mol. The third-order valence-corrected chi connectivity index (χ3v) is 3.45. The third-order valence-electron chi connectivity index (χ3n) is 2.24. The maximum Gasteiger partial charge on any atom is 0.494 e. The maximum absolute atomic E-state index is 5.31. The summed E-state index contributed by atoms with van der Waals surface area (Å²) in [6.45, 7) is 0. The Morgan fingerprint density at radius 3 is 1.87 bits per heavy atom. The van der Waals surface area contributed by atoms with Gasteiger partial charge in [-0.1, -0.05) is 50.1 Å². The molecule has 0 fully saturated rings. The number of alkyl halides is 2. The van der Waals surface area contributed by atoms with E-state index in [4.69, 9.17) is 9.31 Å². The Morgan fingerprint density at radius 2 is 1.53 bits per heavy atom. The molecule has 0 aromatic heterocycles. The first-order valence-electron chi connectivity index (χ1n) is 4.56. The van der Waals surface area contributed by atoms with Gasteiger partial charge in [0.05, 0.1) is 0 Å². The lowest BCUT2D eigenvalue weighted by molar-refractivity contribution is 0.291. The van der Waals surface area contributed by atoms with Gasteiger partial charge in [0.15, 0.2) is 0 Å². The summed E-state index contributed by atoms with van der Waals surface area (Å²) in [7, 11) is 3.00. The molecular weight excluding hydrogens is 323 g/mol. The minimum atomic E-state index is -0.300. The zero-order valence-corrected chi connectivity index (χ0v) is 12.0. The van der Waals surface area contributed by atoms with E-state index in [1.165, 1.54) is 11.1 Å². The molecule has 1 aromatic rings. The molecule has 2 nitrogen and oxygen atoms in total. The molecule has 5 heteroatoms. The van der Waals surface area contributed by atoms with E-state index in [2.05, 4.69) is 44.0 Å². The SMILES string of the molecule is COB(OC)c1c(CBr)cccc1CBr. The highest BCUT2D eigenvalue weighted by atomic mass is 79.9. The molecule has 0 aliphatic carbocycles. The fourth-order valence-electron chi connectivity index (χ4n) is 1.53. The van der Waals surface area contributed by atoms with Crippen LogP contribution in [0.25, 0.3) is 0 Å². The lowest BCUT2D eigenvalue weighted by Crippen LogP contribution is -2.39. The highest BCUT2D eigenvalue weighted by Crippen LogP contribution is 2.11. The zero-order valence-electron chi connectivity index (χ0n) is 8.80. The fraction of sp³-hybridized carbons (Fsp3) is 0.400. The quantitative estimate of drug-likeness (QED) is 0.608. The van der Waals surface area contributed by atoms with E-state index in [1.807, 2.05) is 6.07 Å². The summed E-state index contributed by atoms with van der Waals surface area (Å²) in [5, 5.41) is 1.60. The van der Waals surface area contributed by atoms with E-state index in [0.29, 0.717) is 0 Å². The standard InChI is InChI=1S/C10H13BBr2O2/c1-14-11(15-2)10-8(6-12)4-3-5-9(10)7-13/h3-5H,6-7H2,1-2H3. The second-order valence-corrected chi connectivity index (χ2v) is 4.18. The lowest BCUT2D eigenvalue weighted by Gasteiger charge is -2.16. The van der Waals surface area contributed by atoms with Crippen molar-refractivity contribution in [3.63, 3.8) is 0 Å². The number of benzene rings is 1. The first kappa shape index (κ1) is 13.2. The average molecular weight is 336 g/mol. The Hall–Kier alpha value is 0.165. The summed E-state index contributed by atoms with van der Waals surface area (Å²) in [5.41, 5.74) is 3.50. The Morgan fingerprint density at radius 1 is 1.07 bits per heavy atom. The molecule has 0 atom stereocenters. The van der Waals surface area contributed by atoms with Gasteiger partial charge in [0, 0.05) is 24.9 Å². The number of hydrogen-bond acceptors (Lipinski definition) is 2. The van der Waals surface area contributed by atoms with Crippen molar-refractivity contribution < 1.29 is 9.31 Å². The van der Waals surface area contributed by atoms with Crippen LogP contribution in [0.2, 0.25) is 0 Å². The fourth-order valence-corrected chi connectivity index (χ4v) is 2.51. The lowest BCUT2D eigenvalue weighted by atomic mass is 9.73. The Kier molecular flexibility index (Phi) is 5.90. The van der Waals surface area contributed by atoms with Crippen molar-refractivity contribution in [1.82, 2.24) is 0 Å². The number of hydrogen-bond donors (Lipinski definition) is 0. The van der Waals surface area contributed by atoms with E-state index >= 15 is 0 Å². The molecule has 82 valence electrons. The molecular formula is C10H13BBr2O2. The minimum absolute atomic E-state index is 0.300. The number of rotatable bonds is 5. The van der Waals surface area contributed by atoms with E-state index in [0.717, 1.165) is 16.1 Å². The smallest absolute Gasteiger partial charge is 0.410 e. The van der Waals surface area contributed by atoms with E-state index < -0.39 is 0 Å². The Balaban J connectivity index is 3.20. The highest BCUT2D eigenvalue weighted by Gasteiger charge is 2.24. The van der Waals surface area contributed by atoms with Crippen molar-refractivity contribution in [2.75, 3.05) is 14.2 Å². The molecule has 0 saturated carbocycles. The van der Waals surface area contributed by atoms with Gasteiger partial charge < -0.3 is 9.31 Å². The van der Waals surface area contributed by atoms with Crippen molar-refractivity contribution in [2.45, 2.75) is 10.7 Å². The topological polar surface area (TPSA) is 18.5 Å². The predicted octanol–water partition coefficient (Wildman–Crippen LogP) is 2.46. The van der Waals surface area contributed by atoms with Gasteiger partial charge >= 0.3 is 7.12 Å². The molecule has 0 aliphatic heterocycles. The third kappa shape index (κ3) is 3.06.